The topological polar surface area (TPSA) is 58.3 Å². The Labute approximate surface area is 93.8 Å². The highest BCUT2D eigenvalue weighted by molar-refractivity contribution is 5.73. The van der Waals surface area contributed by atoms with Crippen LogP contribution < -0.4 is 0 Å². The van der Waals surface area contributed by atoms with Crippen LogP contribution in [0.25, 0.3) is 11.3 Å². The summed E-state index contributed by atoms with van der Waals surface area (Å²) in [5, 5.41) is 23.8. The minimum Gasteiger partial charge on any atom is -0.507 e. The molecule has 0 aliphatic rings. The Morgan fingerprint density at radius 1 is 1.25 bits per heavy atom. The maximum atomic E-state index is 9.80. The van der Waals surface area contributed by atoms with Crippen molar-refractivity contribution in [3.8, 4) is 22.8 Å². The molecule has 0 fully saturated rings. The fourth-order valence-electron chi connectivity index (χ4n) is 1.68. The number of phenolic OH excluding ortho intramolecular Hbond substituents is 2. The summed E-state index contributed by atoms with van der Waals surface area (Å²) in [7, 11) is 0. The molecule has 0 saturated heterocycles. The summed E-state index contributed by atoms with van der Waals surface area (Å²) >= 11 is 0. The van der Waals surface area contributed by atoms with Crippen LogP contribution in [0.5, 0.6) is 11.5 Å². The number of phenols is 2. The molecule has 0 bridgehead atoms. The molecule has 0 spiro atoms. The molecule has 0 amide bonds. The molecule has 2 N–H and O–H groups in total. The summed E-state index contributed by atoms with van der Waals surface area (Å²) in [4.78, 5) is 0. The van der Waals surface area contributed by atoms with Gasteiger partial charge in [0.05, 0.1) is 11.3 Å². The standard InChI is InChI=1S/C12H14N2O2/c1-3-14-5-4-9(13-14)12-10(15)6-8(2)7-11(12)16/h4-7,15-16H,3H2,1-2H3. The van der Waals surface area contributed by atoms with Gasteiger partial charge in [-0.1, -0.05) is 0 Å². The highest BCUT2D eigenvalue weighted by atomic mass is 16.3. The number of rotatable bonds is 2. The van der Waals surface area contributed by atoms with Gasteiger partial charge in [-0.05, 0) is 37.6 Å². The Morgan fingerprint density at radius 2 is 1.88 bits per heavy atom. The maximum Gasteiger partial charge on any atom is 0.129 e. The lowest BCUT2D eigenvalue weighted by Gasteiger charge is -2.05. The first-order valence-electron chi connectivity index (χ1n) is 5.18. The van der Waals surface area contributed by atoms with Crippen LogP contribution in [0.2, 0.25) is 0 Å². The third-order valence-electron chi connectivity index (χ3n) is 2.46. The van der Waals surface area contributed by atoms with Crippen LogP contribution in [0.4, 0.5) is 0 Å². The number of benzene rings is 1. The van der Waals surface area contributed by atoms with Crippen LogP contribution in [0.15, 0.2) is 24.4 Å². The molecule has 0 unspecified atom stereocenters. The number of hydrogen-bond acceptors (Lipinski definition) is 3. The third-order valence-corrected chi connectivity index (χ3v) is 2.46. The van der Waals surface area contributed by atoms with Crippen molar-refractivity contribution >= 4 is 0 Å². The zero-order valence-electron chi connectivity index (χ0n) is 9.31. The fraction of sp³-hybridized carbons (Fsp3) is 0.250. The molecular weight excluding hydrogens is 204 g/mol. The van der Waals surface area contributed by atoms with Gasteiger partial charge in [-0.15, -0.1) is 0 Å². The van der Waals surface area contributed by atoms with E-state index in [9.17, 15) is 10.2 Å². The van der Waals surface area contributed by atoms with Crippen molar-refractivity contribution in [2.75, 3.05) is 0 Å². The van der Waals surface area contributed by atoms with E-state index in [0.717, 1.165) is 12.1 Å². The van der Waals surface area contributed by atoms with Crippen LogP contribution in [-0.4, -0.2) is 20.0 Å². The normalized spacial score (nSPS) is 10.6. The average molecular weight is 218 g/mol. The molecule has 0 atom stereocenters. The van der Waals surface area contributed by atoms with Crippen molar-refractivity contribution in [3.63, 3.8) is 0 Å². The molecule has 1 aromatic heterocycles. The lowest BCUT2D eigenvalue weighted by Crippen LogP contribution is -1.94. The lowest BCUT2D eigenvalue weighted by molar-refractivity contribution is 0.453. The smallest absolute Gasteiger partial charge is 0.129 e. The van der Waals surface area contributed by atoms with Gasteiger partial charge in [-0.25, -0.2) is 0 Å². The number of aromatic hydroxyl groups is 2. The second kappa shape index (κ2) is 3.89. The summed E-state index contributed by atoms with van der Waals surface area (Å²) in [6.07, 6.45) is 1.81. The summed E-state index contributed by atoms with van der Waals surface area (Å²) in [6.45, 7) is 4.55. The molecule has 4 heteroatoms. The number of aromatic nitrogens is 2. The summed E-state index contributed by atoms with van der Waals surface area (Å²) < 4.78 is 1.74. The fourth-order valence-corrected chi connectivity index (χ4v) is 1.68. The van der Waals surface area contributed by atoms with Crippen molar-refractivity contribution in [3.05, 3.63) is 30.0 Å². The van der Waals surface area contributed by atoms with Crippen LogP contribution in [0, 0.1) is 6.92 Å². The lowest BCUT2D eigenvalue weighted by atomic mass is 10.1. The first kappa shape index (κ1) is 10.5. The van der Waals surface area contributed by atoms with Gasteiger partial charge < -0.3 is 10.2 Å². The first-order valence-corrected chi connectivity index (χ1v) is 5.18. The third kappa shape index (κ3) is 1.74. The van der Waals surface area contributed by atoms with Crippen molar-refractivity contribution in [1.82, 2.24) is 9.78 Å². The van der Waals surface area contributed by atoms with E-state index in [-0.39, 0.29) is 11.5 Å². The van der Waals surface area contributed by atoms with Crippen molar-refractivity contribution in [1.29, 1.82) is 0 Å². The molecule has 0 aliphatic carbocycles. The van der Waals surface area contributed by atoms with E-state index in [1.165, 1.54) is 0 Å². The molecule has 1 heterocycles. The molecule has 84 valence electrons. The molecule has 0 saturated carbocycles. The largest absolute Gasteiger partial charge is 0.507 e. The van der Waals surface area contributed by atoms with E-state index in [0.29, 0.717) is 11.3 Å². The Hall–Kier alpha value is -1.97. The van der Waals surface area contributed by atoms with Gasteiger partial charge in [0, 0.05) is 12.7 Å². The maximum absolute atomic E-state index is 9.80. The molecular formula is C12H14N2O2. The average Bonchev–Trinajstić information content (AvgIpc) is 2.64. The molecule has 2 rings (SSSR count). The quantitative estimate of drug-likeness (QED) is 0.813. The predicted octanol–water partition coefficient (Wildman–Crippen LogP) is 2.29. The van der Waals surface area contributed by atoms with Crippen LogP contribution >= 0.6 is 0 Å². The van der Waals surface area contributed by atoms with Crippen molar-refractivity contribution in [2.45, 2.75) is 20.4 Å². The summed E-state index contributed by atoms with van der Waals surface area (Å²) in [5.41, 5.74) is 1.78. The minimum absolute atomic E-state index is 0.0545. The van der Waals surface area contributed by atoms with E-state index in [1.54, 1.807) is 22.9 Å². The highest BCUT2D eigenvalue weighted by Crippen LogP contribution is 2.36. The van der Waals surface area contributed by atoms with Gasteiger partial charge in [0.15, 0.2) is 0 Å². The van der Waals surface area contributed by atoms with Gasteiger partial charge in [-0.3, -0.25) is 4.68 Å². The van der Waals surface area contributed by atoms with E-state index in [2.05, 4.69) is 5.10 Å². The van der Waals surface area contributed by atoms with Gasteiger partial charge in [0.25, 0.3) is 0 Å². The molecule has 1 aromatic carbocycles. The van der Waals surface area contributed by atoms with Gasteiger partial charge in [0.1, 0.15) is 11.5 Å². The molecule has 16 heavy (non-hydrogen) atoms. The SMILES string of the molecule is CCn1ccc(-c2c(O)cc(C)cc2O)n1. The van der Waals surface area contributed by atoms with Crippen LogP contribution in [0.3, 0.4) is 0 Å². The van der Waals surface area contributed by atoms with Crippen molar-refractivity contribution in [2.24, 2.45) is 0 Å². The molecule has 0 radical (unpaired) electrons. The Balaban J connectivity index is 2.55. The molecule has 2 aromatic rings. The Kier molecular flexibility index (Phi) is 2.56. The predicted molar refractivity (Wildman–Crippen MR) is 61.4 cm³/mol. The highest BCUT2D eigenvalue weighted by Gasteiger charge is 2.13. The number of aryl methyl sites for hydroxylation is 2. The second-order valence-electron chi connectivity index (χ2n) is 3.73. The molecule has 0 aliphatic heterocycles. The van der Waals surface area contributed by atoms with Gasteiger partial charge in [0.2, 0.25) is 0 Å². The van der Waals surface area contributed by atoms with Crippen molar-refractivity contribution < 1.29 is 10.2 Å². The minimum atomic E-state index is 0.0545. The van der Waals surface area contributed by atoms with Gasteiger partial charge >= 0.3 is 0 Å². The van der Waals surface area contributed by atoms with E-state index in [1.807, 2.05) is 20.0 Å². The monoisotopic (exact) mass is 218 g/mol. The van der Waals surface area contributed by atoms with E-state index in [4.69, 9.17) is 0 Å². The number of hydrogen-bond donors (Lipinski definition) is 2. The zero-order chi connectivity index (χ0) is 11.7. The Morgan fingerprint density at radius 3 is 2.38 bits per heavy atom. The zero-order valence-corrected chi connectivity index (χ0v) is 9.31. The van der Waals surface area contributed by atoms with E-state index < -0.39 is 0 Å². The summed E-state index contributed by atoms with van der Waals surface area (Å²) in [6, 6.07) is 4.99. The first-order chi connectivity index (χ1) is 7.61. The van der Waals surface area contributed by atoms with Gasteiger partial charge in [-0.2, -0.15) is 5.10 Å². The second-order valence-corrected chi connectivity index (χ2v) is 3.73. The van der Waals surface area contributed by atoms with Crippen LogP contribution in [-0.2, 0) is 6.54 Å². The van der Waals surface area contributed by atoms with E-state index >= 15 is 0 Å². The number of nitrogens with zero attached hydrogens (tertiary/aromatic N) is 2. The summed E-state index contributed by atoms with van der Waals surface area (Å²) in [5.74, 6) is 0.109. The molecule has 4 nitrogen and oxygen atoms in total. The Bertz CT molecular complexity index is 494. The van der Waals surface area contributed by atoms with Crippen LogP contribution in [0.1, 0.15) is 12.5 Å².